The summed E-state index contributed by atoms with van der Waals surface area (Å²) in [6.45, 7) is 7.16. The average Bonchev–Trinajstić information content (AvgIpc) is 1.40. The van der Waals surface area contributed by atoms with Crippen LogP contribution in [0.3, 0.4) is 0 Å². The third-order valence-electron chi connectivity index (χ3n) is 13.8. The predicted molar refractivity (Wildman–Crippen MR) is 338 cm³/mol. The van der Waals surface area contributed by atoms with E-state index in [1.165, 1.54) is 16.1 Å². The van der Waals surface area contributed by atoms with Gasteiger partial charge in [0.1, 0.15) is 17.3 Å². The molecule has 0 saturated heterocycles. The minimum atomic E-state index is -1.10. The molecule has 0 bridgehead atoms. The maximum absolute atomic E-state index is 10.5. The maximum Gasteiger partial charge on any atom is 0.269 e. The van der Waals surface area contributed by atoms with E-state index in [1.807, 2.05) is 98.1 Å². The number of hydrogen-bond acceptors (Lipinski definition) is 2. The summed E-state index contributed by atoms with van der Waals surface area (Å²) in [6.07, 6.45) is 5.05. The second-order valence-corrected chi connectivity index (χ2v) is 20.1. The van der Waals surface area contributed by atoms with Gasteiger partial charge < -0.3 is 4.74 Å². The van der Waals surface area contributed by atoms with Gasteiger partial charge in [-0.15, -0.1) is 0 Å². The smallest absolute Gasteiger partial charge is 0.269 e. The van der Waals surface area contributed by atoms with Crippen LogP contribution < -0.4 is 9.30 Å². The van der Waals surface area contributed by atoms with Gasteiger partial charge in [-0.2, -0.15) is 0 Å². The van der Waals surface area contributed by atoms with E-state index in [-0.39, 0.29) is 22.3 Å². The molecule has 0 atom stereocenters. The topological polar surface area (TPSA) is 35.9 Å². The molecule has 0 aliphatic carbocycles. The molecule has 0 saturated carbocycles. The number of pyridine rings is 1. The van der Waals surface area contributed by atoms with Crippen LogP contribution in [0.1, 0.15) is 68.9 Å². The zero-order valence-electron chi connectivity index (χ0n) is 71.2. The van der Waals surface area contributed by atoms with Crippen molar-refractivity contribution in [3.8, 4) is 95.5 Å². The Morgan fingerprint density at radius 2 is 1.04 bits per heavy atom. The first-order valence-corrected chi connectivity index (χ1v) is 25.9. The summed E-state index contributed by atoms with van der Waals surface area (Å²) in [5.41, 5.74) is -8.13. The lowest BCUT2D eigenvalue weighted by Crippen LogP contribution is -2.31. The molecular weight excluding hydrogens is 997 g/mol. The molecule has 0 N–H and O–H groups in total. The summed E-state index contributed by atoms with van der Waals surface area (Å²) < 4.78 is 266. The van der Waals surface area contributed by atoms with E-state index in [0.717, 1.165) is 27.9 Å². The fourth-order valence-electron chi connectivity index (χ4n) is 9.89. The fraction of sp³-hybridized carbons (Fsp3) is 0.0649. The average molecular weight is 1080 g/mol. The van der Waals surface area contributed by atoms with E-state index >= 15 is 0 Å². The lowest BCUT2D eigenvalue weighted by atomic mass is 9.86. The van der Waals surface area contributed by atoms with Gasteiger partial charge >= 0.3 is 0 Å². The zero-order chi connectivity index (χ0) is 78.8. The van der Waals surface area contributed by atoms with Gasteiger partial charge in [0.25, 0.3) is 6.33 Å². The quantitative estimate of drug-likeness (QED) is 0.0956. The molecule has 3 aromatic heterocycles. The number of hydrogen-bond donors (Lipinski definition) is 0. The molecule has 0 aliphatic heterocycles. The number of rotatable bonds is 11. The van der Waals surface area contributed by atoms with Gasteiger partial charge in [0.05, 0.1) is 70.5 Å². The predicted octanol–water partition coefficient (Wildman–Crippen LogP) is 19.6. The number of nitrogens with zero attached hydrogens (tertiary/aromatic N) is 4. The van der Waals surface area contributed by atoms with Gasteiger partial charge in [0.2, 0.25) is 0 Å². The molecule has 0 fully saturated rings. The summed E-state index contributed by atoms with van der Waals surface area (Å²) in [4.78, 5) is 4.69. The number of benzene rings is 11. The second kappa shape index (κ2) is 20.7. The Kier molecular flexibility index (Phi) is 7.24. The summed E-state index contributed by atoms with van der Waals surface area (Å²) in [5, 5.41) is 1.85. The van der Waals surface area contributed by atoms with Crippen LogP contribution in [0, 0.1) is 13.3 Å². The van der Waals surface area contributed by atoms with Crippen molar-refractivity contribution in [3.05, 3.63) is 296 Å². The Labute approximate surface area is 516 Å². The molecule has 5 heteroatoms. The highest BCUT2D eigenvalue weighted by Gasteiger charge is 2.24. The van der Waals surface area contributed by atoms with Gasteiger partial charge in [-0.1, -0.05) is 208 Å². The van der Waals surface area contributed by atoms with E-state index in [1.54, 1.807) is 36.5 Å². The van der Waals surface area contributed by atoms with Crippen molar-refractivity contribution in [1.29, 1.82) is 0 Å². The minimum absolute atomic E-state index is 0.0534. The number of aromatic nitrogens is 4. The first-order valence-electron chi connectivity index (χ1n) is 39.4. The highest BCUT2D eigenvalue weighted by atomic mass is 16.5. The zero-order valence-corrected chi connectivity index (χ0v) is 44.2. The van der Waals surface area contributed by atoms with Crippen molar-refractivity contribution in [3.63, 3.8) is 0 Å². The van der Waals surface area contributed by atoms with Crippen LogP contribution in [-0.4, -0.2) is 14.1 Å². The molecule has 0 spiro atoms. The standard InChI is InChI=1S/C77H58N4O/c1-52-34-36-56(37-35-52)60-42-59(55-25-12-7-13-26-55)45-62(46-60)68-29-20-28-67(61-43-57(53-21-8-5-9-22-53)41-58(44-61)54-23-10-6-11-24-54)76(68)80-51-79(72-31-16-17-32-73(72)80)64-47-63(77(2,3)4)48-66(49-64)82-65-38-39-70-69-27-14-15-30-71(69)81(74(70)50-65)75-33-18-19-40-78-75/h5-50H,1-4H3/i5D,6D,7D,8D,9D,10D,11D,12D,13D,20D,21D,22D,23D,24D,25D,26D,28D,29D,34D,35D,36D,37D,41D,42D,43D,45D,46D. The van der Waals surface area contributed by atoms with Crippen LogP contribution in [0.2, 0.25) is 0 Å². The van der Waals surface area contributed by atoms with Crippen molar-refractivity contribution in [1.82, 2.24) is 14.1 Å². The van der Waals surface area contributed by atoms with Crippen LogP contribution in [0.5, 0.6) is 11.5 Å². The molecule has 14 aromatic rings. The third-order valence-corrected chi connectivity index (χ3v) is 13.8. The van der Waals surface area contributed by atoms with E-state index in [4.69, 9.17) is 19.8 Å². The van der Waals surface area contributed by atoms with Gasteiger partial charge in [0, 0.05) is 23.0 Å². The number of para-hydroxylation sites is 4. The molecule has 5 nitrogen and oxygen atoms in total. The lowest BCUT2D eigenvalue weighted by Gasteiger charge is -2.22. The molecule has 0 aliphatic rings. The van der Waals surface area contributed by atoms with E-state index in [9.17, 15) is 21.9 Å². The molecule has 392 valence electrons. The second-order valence-electron chi connectivity index (χ2n) is 20.1. The fourth-order valence-corrected chi connectivity index (χ4v) is 9.89. The Bertz CT molecular complexity index is 6150. The first-order chi connectivity index (χ1) is 51.4. The monoisotopic (exact) mass is 1080 g/mol. The van der Waals surface area contributed by atoms with Gasteiger partial charge in [-0.3, -0.25) is 13.7 Å². The van der Waals surface area contributed by atoms with Crippen molar-refractivity contribution in [2.24, 2.45) is 0 Å². The Balaban J connectivity index is 1.17. The molecule has 14 rings (SSSR count). The summed E-state index contributed by atoms with van der Waals surface area (Å²) in [5.74, 6) is 1.32. The molecule has 0 unspecified atom stereocenters. The highest BCUT2D eigenvalue weighted by Crippen LogP contribution is 2.42. The Morgan fingerprint density at radius 1 is 0.463 bits per heavy atom. The number of imidazole rings is 1. The third kappa shape index (κ3) is 9.42. The number of fused-ring (bicyclic) bond motifs is 4. The Hall–Kier alpha value is -10.4. The first kappa shape index (κ1) is 28.7. The van der Waals surface area contributed by atoms with Crippen molar-refractivity contribution in [2.75, 3.05) is 0 Å². The van der Waals surface area contributed by atoms with Crippen molar-refractivity contribution in [2.45, 2.75) is 33.1 Å². The number of ether oxygens (including phenoxy) is 1. The molecule has 11 aromatic carbocycles. The SMILES string of the molecule is [2H]c1c([2H])c([2H])c(-c2cc(-c3c([2H])c([2H])c([2H])c(-c4c([2H])c(-c5c([2H])c([2H])c([2H])c([2H])c5[2H])c([2H])c(-c5c([2H])c([2H])c(C)c([2H])c5[2H])c4[2H])c3-[n+]3[c-]n(-c4cc(Oc5ccc6c7ccccc7n(-c7ccccn7)c6c5)cc(C(C)(C)C)c4)c4ccccc43)c([2H])c(-c3c([2H])c([2H])c([2H])c([2H])c3[2H])c2[2H])c([2H])c1[2H]. The van der Waals surface area contributed by atoms with Gasteiger partial charge in [-0.25, -0.2) is 4.98 Å². The largest absolute Gasteiger partial charge is 0.458 e. The molecule has 0 radical (unpaired) electrons. The van der Waals surface area contributed by atoms with E-state index in [0.29, 0.717) is 22.8 Å². The summed E-state index contributed by atoms with van der Waals surface area (Å²) in [7, 11) is 0. The molecular formula is C77H58N4O. The normalized spacial score (nSPS) is 16.3. The van der Waals surface area contributed by atoms with Crippen LogP contribution >= 0.6 is 0 Å². The highest BCUT2D eigenvalue weighted by molar-refractivity contribution is 6.09. The minimum Gasteiger partial charge on any atom is -0.458 e. The van der Waals surface area contributed by atoms with Crippen molar-refractivity contribution < 1.29 is 46.3 Å². The van der Waals surface area contributed by atoms with Crippen LogP contribution in [0.4, 0.5) is 0 Å². The molecule has 3 heterocycles. The summed E-state index contributed by atoms with van der Waals surface area (Å²) >= 11 is 0. The lowest BCUT2D eigenvalue weighted by molar-refractivity contribution is -0.571. The van der Waals surface area contributed by atoms with Crippen LogP contribution in [0.25, 0.3) is 117 Å². The van der Waals surface area contributed by atoms with E-state index in [2.05, 4.69) is 11.3 Å². The maximum atomic E-state index is 10.5. The molecule has 82 heavy (non-hydrogen) atoms. The Morgan fingerprint density at radius 3 is 1.71 bits per heavy atom. The van der Waals surface area contributed by atoms with Crippen LogP contribution in [0.15, 0.2) is 279 Å². The molecule has 0 amide bonds. The van der Waals surface area contributed by atoms with Crippen molar-refractivity contribution >= 4 is 32.8 Å². The van der Waals surface area contributed by atoms with Gasteiger partial charge in [-0.05, 0) is 169 Å². The summed E-state index contributed by atoms with van der Waals surface area (Å²) in [6, 6.07) is 6.23. The van der Waals surface area contributed by atoms with Crippen LogP contribution in [-0.2, 0) is 5.41 Å². The van der Waals surface area contributed by atoms with Gasteiger partial charge in [0.15, 0.2) is 0 Å². The van der Waals surface area contributed by atoms with E-state index < -0.39 is 241 Å².